The van der Waals surface area contributed by atoms with Crippen molar-refractivity contribution in [1.82, 2.24) is 0 Å². The molecule has 0 unspecified atom stereocenters. The van der Waals surface area contributed by atoms with Crippen molar-refractivity contribution in [3.63, 3.8) is 0 Å². The minimum Gasteiger partial charge on any atom is -0.254 e. The lowest BCUT2D eigenvalue weighted by atomic mass is 10.3. The minimum atomic E-state index is 0.530. The lowest BCUT2D eigenvalue weighted by Crippen LogP contribution is -2.03. The Balaban J connectivity index is 2.13. The molecule has 0 nitrogen and oxygen atoms in total. The number of hydrogen-bond acceptors (Lipinski definition) is 0. The Bertz CT molecular complexity index is 55.4. The van der Waals surface area contributed by atoms with Crippen LogP contribution in [-0.2, 0) is 0 Å². The van der Waals surface area contributed by atoms with Gasteiger partial charge in [-0.1, -0.05) is 13.3 Å². The standard InChI is InChI=1S/C7H16S/c1-2-8-6-4-3-5-7-8/h8H,2-7H2,1H3. The summed E-state index contributed by atoms with van der Waals surface area (Å²) in [5, 5.41) is 0. The zero-order chi connectivity index (χ0) is 5.82. The molecule has 1 heterocycles. The van der Waals surface area contributed by atoms with Gasteiger partial charge in [-0.05, 0) is 30.1 Å². The molecule has 0 atom stereocenters. The van der Waals surface area contributed by atoms with E-state index >= 15 is 0 Å². The van der Waals surface area contributed by atoms with E-state index in [1.165, 1.54) is 25.0 Å². The van der Waals surface area contributed by atoms with Crippen LogP contribution in [0.3, 0.4) is 0 Å². The van der Waals surface area contributed by atoms with Crippen molar-refractivity contribution in [3.8, 4) is 0 Å². The zero-order valence-corrected chi connectivity index (χ0v) is 6.58. The third kappa shape index (κ3) is 1.70. The molecular weight excluding hydrogens is 116 g/mol. The summed E-state index contributed by atoms with van der Waals surface area (Å²) in [5.74, 6) is 4.63. The van der Waals surface area contributed by atoms with Gasteiger partial charge in [0.15, 0.2) is 0 Å². The largest absolute Gasteiger partial charge is 0.254 e. The number of hydrogen-bond donors (Lipinski definition) is 1. The molecule has 1 aliphatic heterocycles. The highest BCUT2D eigenvalue weighted by molar-refractivity contribution is 8.17. The second-order valence-corrected chi connectivity index (χ2v) is 5.36. The van der Waals surface area contributed by atoms with Gasteiger partial charge in [0.2, 0.25) is 0 Å². The number of rotatable bonds is 1. The van der Waals surface area contributed by atoms with E-state index in [0.29, 0.717) is 10.9 Å². The summed E-state index contributed by atoms with van der Waals surface area (Å²) in [6.45, 7) is 2.34. The molecule has 0 aromatic heterocycles. The first-order valence-electron chi connectivity index (χ1n) is 3.66. The summed E-state index contributed by atoms with van der Waals surface area (Å²) in [6, 6.07) is 0. The van der Waals surface area contributed by atoms with Crippen LogP contribution in [0.4, 0.5) is 0 Å². The highest BCUT2D eigenvalue weighted by Gasteiger charge is 2.05. The topological polar surface area (TPSA) is 0 Å². The Hall–Kier alpha value is 0.350. The van der Waals surface area contributed by atoms with E-state index in [9.17, 15) is 0 Å². The van der Waals surface area contributed by atoms with Crippen LogP contribution in [0.15, 0.2) is 0 Å². The molecule has 0 aliphatic carbocycles. The van der Waals surface area contributed by atoms with E-state index in [-0.39, 0.29) is 0 Å². The number of thiol groups is 1. The van der Waals surface area contributed by atoms with Gasteiger partial charge in [-0.25, -0.2) is 0 Å². The van der Waals surface area contributed by atoms with Crippen molar-refractivity contribution in [2.45, 2.75) is 26.2 Å². The Morgan fingerprint density at radius 2 is 1.75 bits per heavy atom. The molecule has 0 radical (unpaired) electrons. The SMILES string of the molecule is CC[SH]1CCCCC1. The van der Waals surface area contributed by atoms with Crippen LogP contribution in [0.2, 0.25) is 0 Å². The Morgan fingerprint density at radius 3 is 2.12 bits per heavy atom. The van der Waals surface area contributed by atoms with Gasteiger partial charge in [0.05, 0.1) is 0 Å². The second kappa shape index (κ2) is 3.39. The van der Waals surface area contributed by atoms with Crippen molar-refractivity contribution >= 4 is 10.9 Å². The van der Waals surface area contributed by atoms with E-state index in [4.69, 9.17) is 0 Å². The first-order chi connectivity index (χ1) is 3.93. The van der Waals surface area contributed by atoms with Crippen LogP contribution in [0, 0.1) is 0 Å². The molecule has 1 heteroatoms. The Kier molecular flexibility index (Phi) is 2.74. The van der Waals surface area contributed by atoms with Crippen LogP contribution in [-0.4, -0.2) is 17.3 Å². The molecule has 50 valence electrons. The predicted octanol–water partition coefficient (Wildman–Crippen LogP) is 2.19. The fourth-order valence-corrected chi connectivity index (χ4v) is 3.47. The highest BCUT2D eigenvalue weighted by Crippen LogP contribution is 2.31. The molecule has 1 aliphatic rings. The van der Waals surface area contributed by atoms with Crippen molar-refractivity contribution < 1.29 is 0 Å². The predicted molar refractivity (Wildman–Crippen MR) is 43.1 cm³/mol. The molecular formula is C7H16S. The average molecular weight is 132 g/mol. The Morgan fingerprint density at radius 1 is 1.12 bits per heavy atom. The maximum absolute atomic E-state index is 2.34. The zero-order valence-electron chi connectivity index (χ0n) is 5.69. The van der Waals surface area contributed by atoms with Crippen LogP contribution >= 0.6 is 10.9 Å². The first kappa shape index (κ1) is 6.47. The molecule has 1 fully saturated rings. The summed E-state index contributed by atoms with van der Waals surface area (Å²) in [6.07, 6.45) is 4.57. The van der Waals surface area contributed by atoms with Crippen molar-refractivity contribution in [2.75, 3.05) is 17.3 Å². The van der Waals surface area contributed by atoms with Gasteiger partial charge in [0, 0.05) is 0 Å². The van der Waals surface area contributed by atoms with Gasteiger partial charge in [-0.2, -0.15) is 0 Å². The quantitative estimate of drug-likeness (QED) is 0.519. The molecule has 8 heavy (non-hydrogen) atoms. The lowest BCUT2D eigenvalue weighted by molar-refractivity contribution is 0.759. The fourth-order valence-electron chi connectivity index (χ4n) is 1.28. The second-order valence-electron chi connectivity index (χ2n) is 2.49. The van der Waals surface area contributed by atoms with E-state index in [1.807, 2.05) is 0 Å². The molecule has 0 amide bonds. The molecule has 0 saturated carbocycles. The summed E-state index contributed by atoms with van der Waals surface area (Å²) in [7, 11) is 0.530. The van der Waals surface area contributed by atoms with Gasteiger partial charge in [-0.15, -0.1) is 0 Å². The third-order valence-corrected chi connectivity index (χ3v) is 4.69. The highest BCUT2D eigenvalue weighted by atomic mass is 32.2. The van der Waals surface area contributed by atoms with Crippen molar-refractivity contribution in [1.29, 1.82) is 0 Å². The van der Waals surface area contributed by atoms with E-state index in [2.05, 4.69) is 6.92 Å². The van der Waals surface area contributed by atoms with Crippen LogP contribution in [0.1, 0.15) is 26.2 Å². The molecule has 0 N–H and O–H groups in total. The van der Waals surface area contributed by atoms with Crippen LogP contribution in [0.25, 0.3) is 0 Å². The Labute approximate surface area is 55.0 Å². The van der Waals surface area contributed by atoms with Gasteiger partial charge >= 0.3 is 0 Å². The molecule has 0 spiro atoms. The summed E-state index contributed by atoms with van der Waals surface area (Å²) >= 11 is 0. The first-order valence-corrected chi connectivity index (χ1v) is 5.55. The summed E-state index contributed by atoms with van der Waals surface area (Å²) in [5.41, 5.74) is 0. The molecule has 1 rings (SSSR count). The van der Waals surface area contributed by atoms with Gasteiger partial charge in [0.25, 0.3) is 0 Å². The monoisotopic (exact) mass is 132 g/mol. The summed E-state index contributed by atoms with van der Waals surface area (Å²) in [4.78, 5) is 0. The van der Waals surface area contributed by atoms with Gasteiger partial charge in [0.1, 0.15) is 0 Å². The van der Waals surface area contributed by atoms with Crippen molar-refractivity contribution in [2.24, 2.45) is 0 Å². The average Bonchev–Trinajstić information content (AvgIpc) is 1.90. The van der Waals surface area contributed by atoms with E-state index in [0.717, 1.165) is 0 Å². The van der Waals surface area contributed by atoms with E-state index < -0.39 is 0 Å². The molecule has 0 aromatic carbocycles. The summed E-state index contributed by atoms with van der Waals surface area (Å²) < 4.78 is 0. The maximum Gasteiger partial charge on any atom is -0.0253 e. The molecule has 1 saturated heterocycles. The van der Waals surface area contributed by atoms with Crippen molar-refractivity contribution in [3.05, 3.63) is 0 Å². The smallest absolute Gasteiger partial charge is 0.0253 e. The van der Waals surface area contributed by atoms with E-state index in [1.54, 1.807) is 11.5 Å². The third-order valence-electron chi connectivity index (χ3n) is 1.90. The maximum atomic E-state index is 2.34. The lowest BCUT2D eigenvalue weighted by Gasteiger charge is -2.23. The minimum absolute atomic E-state index is 0.530. The normalized spacial score (nSPS) is 25.9. The van der Waals surface area contributed by atoms with Crippen LogP contribution < -0.4 is 0 Å². The van der Waals surface area contributed by atoms with Gasteiger partial charge in [-0.3, -0.25) is 10.9 Å². The van der Waals surface area contributed by atoms with Crippen LogP contribution in [0.5, 0.6) is 0 Å². The molecule has 0 bridgehead atoms. The molecule has 0 aromatic rings. The van der Waals surface area contributed by atoms with Gasteiger partial charge < -0.3 is 0 Å². The fraction of sp³-hybridized carbons (Fsp3) is 1.00.